The van der Waals surface area contributed by atoms with Crippen LogP contribution in [0.5, 0.6) is 0 Å². The van der Waals surface area contributed by atoms with Gasteiger partial charge in [0.25, 0.3) is 0 Å². The van der Waals surface area contributed by atoms with Crippen LogP contribution in [-0.2, 0) is 0 Å². The van der Waals surface area contributed by atoms with E-state index in [0.717, 1.165) is 22.3 Å². The lowest BCUT2D eigenvalue weighted by atomic mass is 10.1. The zero-order valence-corrected chi connectivity index (χ0v) is 14.6. The third-order valence-corrected chi connectivity index (χ3v) is 4.73. The van der Waals surface area contributed by atoms with Gasteiger partial charge in [0.05, 0.1) is 40.9 Å². The second kappa shape index (κ2) is 6.26. The molecule has 1 unspecified atom stereocenters. The lowest BCUT2D eigenvalue weighted by molar-refractivity contribution is 0.0698. The van der Waals surface area contributed by atoms with Crippen molar-refractivity contribution < 1.29 is 9.90 Å². The van der Waals surface area contributed by atoms with Crippen LogP contribution in [0.4, 0.5) is 0 Å². The van der Waals surface area contributed by atoms with Gasteiger partial charge in [-0.3, -0.25) is 14.6 Å². The smallest absolute Gasteiger partial charge is 0.337 e. The van der Waals surface area contributed by atoms with Gasteiger partial charge < -0.3 is 5.11 Å². The molecule has 6 heteroatoms. The fourth-order valence-electron chi connectivity index (χ4n) is 3.15. The standard InChI is InChI=1S/C20H18N4O2/c1-3-4-13-7-8-15(20(25)26)19-16(13)9-23-24(19)12(2)17-10-22-18(11-21-17)14-5-6-14/h7-12,14H,5-6H2,1-2H3,(H,25,26). The summed E-state index contributed by atoms with van der Waals surface area (Å²) >= 11 is 0. The normalized spacial score (nSPS) is 14.7. The number of fused-ring (bicyclic) bond motifs is 1. The highest BCUT2D eigenvalue weighted by molar-refractivity contribution is 6.03. The molecule has 1 fully saturated rings. The number of carboxylic acid groups (broad SMARTS) is 1. The third-order valence-electron chi connectivity index (χ3n) is 4.73. The number of nitrogens with zero attached hydrogens (tertiary/aromatic N) is 4. The van der Waals surface area contributed by atoms with E-state index in [1.807, 2.05) is 13.1 Å². The lowest BCUT2D eigenvalue weighted by Crippen LogP contribution is -2.13. The molecule has 130 valence electrons. The number of rotatable bonds is 4. The molecule has 1 aliphatic rings. The summed E-state index contributed by atoms with van der Waals surface area (Å²) in [6.45, 7) is 3.69. The molecule has 4 rings (SSSR count). The number of carboxylic acids is 1. The topological polar surface area (TPSA) is 80.9 Å². The van der Waals surface area contributed by atoms with Gasteiger partial charge in [-0.05, 0) is 38.8 Å². The van der Waals surface area contributed by atoms with Crippen molar-refractivity contribution in [3.8, 4) is 11.8 Å². The SMILES string of the molecule is CC#Cc1ccc(C(=O)O)c2c1cnn2C(C)c1cnc(C2CC2)cn1. The Labute approximate surface area is 150 Å². The van der Waals surface area contributed by atoms with Crippen LogP contribution in [0.25, 0.3) is 10.9 Å². The second-order valence-electron chi connectivity index (χ2n) is 6.51. The van der Waals surface area contributed by atoms with Gasteiger partial charge in [0.2, 0.25) is 0 Å². The number of aromatic nitrogens is 4. The number of hydrogen-bond acceptors (Lipinski definition) is 4. The van der Waals surface area contributed by atoms with E-state index in [4.69, 9.17) is 0 Å². The van der Waals surface area contributed by atoms with Gasteiger partial charge in [0, 0.05) is 23.1 Å². The first-order valence-corrected chi connectivity index (χ1v) is 8.58. The van der Waals surface area contributed by atoms with Gasteiger partial charge in [-0.25, -0.2) is 4.79 Å². The van der Waals surface area contributed by atoms with Gasteiger partial charge in [-0.1, -0.05) is 5.92 Å². The summed E-state index contributed by atoms with van der Waals surface area (Å²) in [5.41, 5.74) is 3.30. The molecule has 0 radical (unpaired) electrons. The minimum Gasteiger partial charge on any atom is -0.478 e. The molecule has 2 heterocycles. The van der Waals surface area contributed by atoms with Crippen molar-refractivity contribution in [2.45, 2.75) is 38.6 Å². The summed E-state index contributed by atoms with van der Waals surface area (Å²) < 4.78 is 1.69. The Morgan fingerprint density at radius 3 is 2.69 bits per heavy atom. The molecule has 2 aromatic heterocycles. The van der Waals surface area contributed by atoms with E-state index >= 15 is 0 Å². The third kappa shape index (κ3) is 2.72. The van der Waals surface area contributed by atoms with Crippen LogP contribution in [0.15, 0.2) is 30.7 Å². The van der Waals surface area contributed by atoms with Gasteiger partial charge in [-0.2, -0.15) is 5.10 Å². The largest absolute Gasteiger partial charge is 0.478 e. The van der Waals surface area contributed by atoms with E-state index in [-0.39, 0.29) is 11.6 Å². The summed E-state index contributed by atoms with van der Waals surface area (Å²) in [7, 11) is 0. The molecule has 1 N–H and O–H groups in total. The van der Waals surface area contributed by atoms with E-state index in [2.05, 4.69) is 26.9 Å². The minimum absolute atomic E-state index is 0.202. The molecule has 26 heavy (non-hydrogen) atoms. The molecule has 0 saturated heterocycles. The van der Waals surface area contributed by atoms with Crippen molar-refractivity contribution in [1.29, 1.82) is 0 Å². The average molecular weight is 346 g/mol. The first-order valence-electron chi connectivity index (χ1n) is 8.58. The molecule has 1 aromatic carbocycles. The maximum atomic E-state index is 11.7. The van der Waals surface area contributed by atoms with Crippen molar-refractivity contribution >= 4 is 16.9 Å². The molecule has 1 saturated carbocycles. The van der Waals surface area contributed by atoms with Crippen LogP contribution in [0.2, 0.25) is 0 Å². The monoisotopic (exact) mass is 346 g/mol. The van der Waals surface area contributed by atoms with Crippen molar-refractivity contribution in [2.24, 2.45) is 0 Å². The summed E-state index contributed by atoms with van der Waals surface area (Å²) in [4.78, 5) is 20.8. The fraction of sp³-hybridized carbons (Fsp3) is 0.300. The highest BCUT2D eigenvalue weighted by Gasteiger charge is 2.26. The number of benzene rings is 1. The Hall–Kier alpha value is -3.20. The van der Waals surface area contributed by atoms with Crippen molar-refractivity contribution in [1.82, 2.24) is 19.7 Å². The van der Waals surface area contributed by atoms with Crippen LogP contribution in [-0.4, -0.2) is 30.8 Å². The molecule has 1 aliphatic carbocycles. The second-order valence-corrected chi connectivity index (χ2v) is 6.51. The van der Waals surface area contributed by atoms with E-state index in [1.165, 1.54) is 12.8 Å². The summed E-state index contributed by atoms with van der Waals surface area (Å²) in [5.74, 6) is 5.43. The Morgan fingerprint density at radius 1 is 1.27 bits per heavy atom. The van der Waals surface area contributed by atoms with E-state index in [1.54, 1.807) is 36.1 Å². The van der Waals surface area contributed by atoms with Gasteiger partial charge in [-0.15, -0.1) is 5.92 Å². The van der Waals surface area contributed by atoms with Crippen LogP contribution < -0.4 is 0 Å². The Bertz CT molecular complexity index is 1050. The van der Waals surface area contributed by atoms with Gasteiger partial charge in [0.15, 0.2) is 0 Å². The molecule has 3 aromatic rings. The van der Waals surface area contributed by atoms with Crippen LogP contribution in [0.1, 0.15) is 66.0 Å². The molecular weight excluding hydrogens is 328 g/mol. The predicted molar refractivity (Wildman–Crippen MR) is 97.1 cm³/mol. The van der Waals surface area contributed by atoms with Crippen molar-refractivity contribution in [3.05, 3.63) is 53.2 Å². The van der Waals surface area contributed by atoms with E-state index in [9.17, 15) is 9.90 Å². The fourth-order valence-corrected chi connectivity index (χ4v) is 3.15. The number of aromatic carboxylic acids is 1. The molecule has 6 nitrogen and oxygen atoms in total. The summed E-state index contributed by atoms with van der Waals surface area (Å²) in [6.07, 6.45) is 7.61. The molecule has 1 atom stereocenters. The average Bonchev–Trinajstić information content (AvgIpc) is 3.40. The van der Waals surface area contributed by atoms with Crippen LogP contribution >= 0.6 is 0 Å². The minimum atomic E-state index is -0.991. The zero-order valence-electron chi connectivity index (χ0n) is 14.6. The Morgan fingerprint density at radius 2 is 2.08 bits per heavy atom. The first kappa shape index (κ1) is 16.3. The Kier molecular flexibility index (Phi) is 3.92. The Balaban J connectivity index is 1.82. The van der Waals surface area contributed by atoms with Gasteiger partial charge >= 0.3 is 5.97 Å². The maximum Gasteiger partial charge on any atom is 0.337 e. The number of carbonyl (C=O) groups is 1. The van der Waals surface area contributed by atoms with Crippen LogP contribution in [0, 0.1) is 11.8 Å². The lowest BCUT2D eigenvalue weighted by Gasteiger charge is -2.14. The van der Waals surface area contributed by atoms with Crippen molar-refractivity contribution in [2.75, 3.05) is 0 Å². The predicted octanol–water partition coefficient (Wildman–Crippen LogP) is 3.38. The summed E-state index contributed by atoms with van der Waals surface area (Å²) in [6, 6.07) is 3.07. The zero-order chi connectivity index (χ0) is 18.3. The van der Waals surface area contributed by atoms with E-state index in [0.29, 0.717) is 11.4 Å². The molecule has 0 bridgehead atoms. The number of hydrogen-bond donors (Lipinski definition) is 1. The van der Waals surface area contributed by atoms with E-state index < -0.39 is 5.97 Å². The molecule has 0 spiro atoms. The molecular formula is C20H18N4O2. The molecule has 0 amide bonds. The quantitative estimate of drug-likeness (QED) is 0.733. The molecule has 0 aliphatic heterocycles. The first-order chi connectivity index (χ1) is 12.6. The van der Waals surface area contributed by atoms with Crippen LogP contribution in [0.3, 0.4) is 0 Å². The summed E-state index contributed by atoms with van der Waals surface area (Å²) in [5, 5.41) is 14.8. The highest BCUT2D eigenvalue weighted by atomic mass is 16.4. The highest BCUT2D eigenvalue weighted by Crippen LogP contribution is 2.38. The van der Waals surface area contributed by atoms with Gasteiger partial charge in [0.1, 0.15) is 0 Å². The maximum absolute atomic E-state index is 11.7. The van der Waals surface area contributed by atoms with Crippen molar-refractivity contribution in [3.63, 3.8) is 0 Å².